The summed E-state index contributed by atoms with van der Waals surface area (Å²) in [6.45, 7) is 4.12. The second-order valence-electron chi connectivity index (χ2n) is 4.34. The molecule has 3 aromatic rings. The number of anilines is 1. The lowest BCUT2D eigenvalue weighted by Crippen LogP contribution is -2.03. The lowest BCUT2D eigenvalue weighted by atomic mass is 10.1. The second kappa shape index (κ2) is 3.80. The minimum absolute atomic E-state index is 0.248. The predicted molar refractivity (Wildman–Crippen MR) is 67.3 cm³/mol. The fraction of sp³-hybridized carbons (Fsp3) is 0.273. The molecule has 7 nitrogen and oxygen atoms in total. The van der Waals surface area contributed by atoms with Gasteiger partial charge in [-0.2, -0.15) is 14.9 Å². The molecule has 18 heavy (non-hydrogen) atoms. The van der Waals surface area contributed by atoms with Gasteiger partial charge in [0.2, 0.25) is 0 Å². The van der Waals surface area contributed by atoms with Crippen LogP contribution in [-0.4, -0.2) is 29.9 Å². The van der Waals surface area contributed by atoms with Crippen LogP contribution in [0.2, 0.25) is 0 Å². The maximum absolute atomic E-state index is 5.89. The Morgan fingerprint density at radius 3 is 2.67 bits per heavy atom. The molecule has 7 heteroatoms. The summed E-state index contributed by atoms with van der Waals surface area (Å²) in [5.74, 6) is 1.26. The van der Waals surface area contributed by atoms with E-state index in [0.717, 1.165) is 11.1 Å². The van der Waals surface area contributed by atoms with Gasteiger partial charge >= 0.3 is 0 Å². The molecule has 0 aliphatic carbocycles. The number of nitrogens with two attached hydrogens (primary N) is 1. The van der Waals surface area contributed by atoms with Crippen LogP contribution >= 0.6 is 0 Å². The van der Waals surface area contributed by atoms with Crippen molar-refractivity contribution in [1.29, 1.82) is 0 Å². The van der Waals surface area contributed by atoms with Crippen molar-refractivity contribution in [2.24, 2.45) is 0 Å². The molecule has 0 aliphatic heterocycles. The first-order chi connectivity index (χ1) is 8.68. The normalized spacial score (nSPS) is 11.5. The molecule has 0 aromatic carbocycles. The zero-order valence-electron chi connectivity index (χ0n) is 10.1. The van der Waals surface area contributed by atoms with Crippen LogP contribution in [0.3, 0.4) is 0 Å². The van der Waals surface area contributed by atoms with Gasteiger partial charge in [0.1, 0.15) is 5.82 Å². The molecule has 0 saturated heterocycles. The lowest BCUT2D eigenvalue weighted by molar-refractivity contribution is 0.747. The van der Waals surface area contributed by atoms with Crippen molar-refractivity contribution < 1.29 is 0 Å². The first-order valence-electron chi connectivity index (χ1n) is 5.68. The van der Waals surface area contributed by atoms with Gasteiger partial charge in [-0.3, -0.25) is 5.10 Å². The van der Waals surface area contributed by atoms with E-state index in [0.29, 0.717) is 17.4 Å². The summed E-state index contributed by atoms with van der Waals surface area (Å²) in [5.41, 5.74) is 7.44. The Morgan fingerprint density at radius 1 is 1.28 bits per heavy atom. The number of fused-ring (bicyclic) bond motifs is 1. The number of nitrogen functional groups attached to an aromatic ring is 1. The molecule has 0 spiro atoms. The summed E-state index contributed by atoms with van der Waals surface area (Å²) in [5, 5.41) is 12.3. The summed E-state index contributed by atoms with van der Waals surface area (Å²) < 4.78 is 1.61. The van der Waals surface area contributed by atoms with Crippen LogP contribution in [0.25, 0.3) is 17.0 Å². The number of hydrogen-bond acceptors (Lipinski definition) is 5. The molecule has 92 valence electrons. The summed E-state index contributed by atoms with van der Waals surface area (Å²) in [7, 11) is 0. The highest BCUT2D eigenvalue weighted by molar-refractivity contribution is 5.90. The largest absolute Gasteiger partial charge is 0.383 e. The van der Waals surface area contributed by atoms with Crippen LogP contribution in [0.1, 0.15) is 25.5 Å². The van der Waals surface area contributed by atoms with E-state index in [1.807, 2.05) is 0 Å². The molecule has 3 N–H and O–H groups in total. The molecular formula is C11H13N7. The number of nitrogens with zero attached hydrogens (tertiary/aromatic N) is 5. The number of nitrogens with one attached hydrogen (secondary N) is 1. The highest BCUT2D eigenvalue weighted by Crippen LogP contribution is 2.28. The highest BCUT2D eigenvalue weighted by Gasteiger charge is 2.20. The van der Waals surface area contributed by atoms with Crippen molar-refractivity contribution in [2.45, 2.75) is 19.8 Å². The average molecular weight is 243 g/mol. The topological polar surface area (TPSA) is 98.3 Å². The van der Waals surface area contributed by atoms with Gasteiger partial charge in [0.15, 0.2) is 5.65 Å². The first-order valence-corrected chi connectivity index (χ1v) is 5.68. The third-order valence-corrected chi connectivity index (χ3v) is 2.73. The number of aromatic amines is 1. The quantitative estimate of drug-likeness (QED) is 0.705. The molecule has 0 unspecified atom stereocenters. The van der Waals surface area contributed by atoms with Crippen molar-refractivity contribution in [1.82, 2.24) is 29.9 Å². The summed E-state index contributed by atoms with van der Waals surface area (Å²) in [4.78, 5) is 8.35. The molecule has 0 bridgehead atoms. The van der Waals surface area contributed by atoms with E-state index in [2.05, 4.69) is 39.1 Å². The smallest absolute Gasteiger partial charge is 0.252 e. The lowest BCUT2D eigenvalue weighted by Gasteiger charge is -2.00. The summed E-state index contributed by atoms with van der Waals surface area (Å²) >= 11 is 0. The van der Waals surface area contributed by atoms with E-state index in [4.69, 9.17) is 5.73 Å². The molecule has 0 aliphatic rings. The maximum atomic E-state index is 5.89. The Balaban J connectivity index is 2.31. The van der Waals surface area contributed by atoms with Crippen molar-refractivity contribution >= 4 is 16.9 Å². The maximum Gasteiger partial charge on any atom is 0.252 e. The van der Waals surface area contributed by atoms with E-state index in [-0.39, 0.29) is 5.92 Å². The Morgan fingerprint density at radius 2 is 2.00 bits per heavy atom. The van der Waals surface area contributed by atoms with E-state index < -0.39 is 0 Å². The van der Waals surface area contributed by atoms with E-state index in [1.165, 1.54) is 0 Å². The Labute approximate surface area is 103 Å². The molecule has 3 aromatic heterocycles. The van der Waals surface area contributed by atoms with Crippen molar-refractivity contribution in [3.63, 3.8) is 0 Å². The standard InChI is InChI=1S/C11H13N7/c1-6(2)8-7-9(12)15-16-10(7)18(17-8)11-13-4-3-5-14-11/h3-6H,1-2H3,(H3,12,15,16). The third kappa shape index (κ3) is 1.44. The van der Waals surface area contributed by atoms with Crippen molar-refractivity contribution in [3.05, 3.63) is 24.2 Å². The average Bonchev–Trinajstić information content (AvgIpc) is 2.92. The number of rotatable bonds is 2. The molecule has 0 atom stereocenters. The zero-order valence-corrected chi connectivity index (χ0v) is 10.1. The molecule has 3 heterocycles. The molecule has 0 radical (unpaired) electrons. The Kier molecular flexibility index (Phi) is 2.26. The fourth-order valence-electron chi connectivity index (χ4n) is 1.90. The van der Waals surface area contributed by atoms with Gasteiger partial charge in [0.05, 0.1) is 11.1 Å². The van der Waals surface area contributed by atoms with Gasteiger partial charge in [-0.1, -0.05) is 13.8 Å². The number of hydrogen-bond donors (Lipinski definition) is 2. The van der Waals surface area contributed by atoms with Crippen LogP contribution < -0.4 is 5.73 Å². The molecule has 0 saturated carbocycles. The fourth-order valence-corrected chi connectivity index (χ4v) is 1.90. The minimum Gasteiger partial charge on any atom is -0.383 e. The SMILES string of the molecule is CC(C)c1nn(-c2ncccn2)c2n[nH]c(N)c12. The molecule has 3 rings (SSSR count). The Hall–Kier alpha value is -2.44. The van der Waals surface area contributed by atoms with E-state index in [9.17, 15) is 0 Å². The van der Waals surface area contributed by atoms with Gasteiger partial charge in [-0.05, 0) is 12.0 Å². The number of aromatic nitrogens is 6. The predicted octanol–water partition coefficient (Wildman–Crippen LogP) is 1.24. The van der Waals surface area contributed by atoms with Gasteiger partial charge < -0.3 is 5.73 Å². The third-order valence-electron chi connectivity index (χ3n) is 2.73. The van der Waals surface area contributed by atoms with Gasteiger partial charge in [0.25, 0.3) is 5.95 Å². The molecule has 0 amide bonds. The molecular weight excluding hydrogens is 230 g/mol. The van der Waals surface area contributed by atoms with E-state index in [1.54, 1.807) is 23.1 Å². The Bertz CT molecular complexity index is 680. The van der Waals surface area contributed by atoms with E-state index >= 15 is 0 Å². The summed E-state index contributed by atoms with van der Waals surface area (Å²) in [6.07, 6.45) is 3.34. The molecule has 0 fully saturated rings. The van der Waals surface area contributed by atoms with Crippen molar-refractivity contribution in [3.8, 4) is 5.95 Å². The van der Waals surface area contributed by atoms with Crippen LogP contribution in [-0.2, 0) is 0 Å². The summed E-state index contributed by atoms with van der Waals surface area (Å²) in [6, 6.07) is 1.76. The van der Waals surface area contributed by atoms with Gasteiger partial charge in [-0.25, -0.2) is 9.97 Å². The van der Waals surface area contributed by atoms with Crippen LogP contribution in [0.15, 0.2) is 18.5 Å². The highest BCUT2D eigenvalue weighted by atomic mass is 15.4. The monoisotopic (exact) mass is 243 g/mol. The number of H-pyrrole nitrogens is 1. The minimum atomic E-state index is 0.248. The van der Waals surface area contributed by atoms with Crippen LogP contribution in [0.4, 0.5) is 5.82 Å². The first kappa shape index (κ1) is 10.7. The van der Waals surface area contributed by atoms with Crippen LogP contribution in [0.5, 0.6) is 0 Å². The van der Waals surface area contributed by atoms with Crippen molar-refractivity contribution in [2.75, 3.05) is 5.73 Å². The van der Waals surface area contributed by atoms with Crippen LogP contribution in [0, 0.1) is 0 Å². The van der Waals surface area contributed by atoms with Gasteiger partial charge in [-0.15, -0.1) is 0 Å². The zero-order chi connectivity index (χ0) is 12.7. The van der Waals surface area contributed by atoms with Gasteiger partial charge in [0, 0.05) is 12.4 Å². The second-order valence-corrected chi connectivity index (χ2v) is 4.34.